The molecule has 0 amide bonds. The summed E-state index contributed by atoms with van der Waals surface area (Å²) in [4.78, 5) is 15.0. The molecule has 0 N–H and O–H groups in total. The van der Waals surface area contributed by atoms with Crippen LogP contribution in [0, 0.1) is 5.82 Å². The van der Waals surface area contributed by atoms with E-state index in [9.17, 15) is 17.6 Å². The molecule has 1 aromatic heterocycles. The van der Waals surface area contributed by atoms with Gasteiger partial charge in [-0.25, -0.2) is 17.6 Å². The van der Waals surface area contributed by atoms with Crippen molar-refractivity contribution < 1.29 is 21.0 Å². The molecule has 0 unspecified atom stereocenters. The van der Waals surface area contributed by atoms with Crippen LogP contribution in [-0.2, 0) is 17.0 Å². The molecule has 0 aliphatic rings. The lowest BCUT2D eigenvalue weighted by molar-refractivity contribution is 0.537. The Hall–Kier alpha value is -2.22. The van der Waals surface area contributed by atoms with E-state index >= 15 is 0 Å². The summed E-state index contributed by atoms with van der Waals surface area (Å²) in [6, 6.07) is 6.46. The summed E-state index contributed by atoms with van der Waals surface area (Å²) in [5, 5.41) is 0. The van der Waals surface area contributed by atoms with Crippen LogP contribution in [-0.4, -0.2) is 23.9 Å². The minimum atomic E-state index is -4.62. The van der Waals surface area contributed by atoms with Crippen molar-refractivity contribution in [2.45, 2.75) is 4.90 Å². The molecule has 2 aromatic rings. The van der Waals surface area contributed by atoms with Gasteiger partial charge in [-0.15, -0.1) is 0 Å². The first-order valence-electron chi connectivity index (χ1n) is 8.16. The van der Waals surface area contributed by atoms with E-state index in [0.717, 1.165) is 12.1 Å². The zero-order chi connectivity index (χ0) is 19.9. The topological polar surface area (TPSA) is 73.4 Å². The Morgan fingerprint density at radius 1 is 1.30 bits per heavy atom. The van der Waals surface area contributed by atoms with Crippen molar-refractivity contribution in [2.24, 2.45) is 12.0 Å². The number of rotatable bonds is 2. The molecule has 20 heavy (non-hydrogen) atoms. The van der Waals surface area contributed by atoms with Gasteiger partial charge in [-0.3, -0.25) is 9.56 Å². The molecule has 2 rings (SSSR count). The van der Waals surface area contributed by atoms with Crippen LogP contribution in [0.25, 0.3) is 0 Å². The maximum absolute atomic E-state index is 14.4. The molecule has 6 nitrogen and oxygen atoms in total. The molecule has 0 bridgehead atoms. The number of aromatic nitrogens is 2. The van der Waals surface area contributed by atoms with Crippen molar-refractivity contribution in [3.8, 4) is 0 Å². The Morgan fingerprint density at radius 3 is 2.60 bits per heavy atom. The standard InChI is InChI=1S/C12H12FN3O3S/c1-14-11-10(13)8-16(12(17)15(11)2)20(18,19)9-6-4-3-5-7-9/h3-8H,1-2H3/b14-11-/i1D3,2D3. The van der Waals surface area contributed by atoms with Gasteiger partial charge in [-0.1, -0.05) is 18.2 Å². The van der Waals surface area contributed by atoms with Crippen molar-refractivity contribution in [3.05, 3.63) is 58.3 Å². The van der Waals surface area contributed by atoms with Crippen LogP contribution in [0.5, 0.6) is 0 Å². The van der Waals surface area contributed by atoms with Crippen LogP contribution in [0.3, 0.4) is 0 Å². The van der Waals surface area contributed by atoms with E-state index in [1.165, 1.54) is 18.2 Å². The van der Waals surface area contributed by atoms with Crippen molar-refractivity contribution in [2.75, 3.05) is 6.98 Å². The normalized spacial score (nSPS) is 18.4. The van der Waals surface area contributed by atoms with Crippen molar-refractivity contribution in [1.82, 2.24) is 8.54 Å². The molecule has 8 heteroatoms. The molecular weight excluding hydrogens is 285 g/mol. The fraction of sp³-hybridized carbons (Fsp3) is 0.167. The van der Waals surface area contributed by atoms with Crippen molar-refractivity contribution in [3.63, 3.8) is 0 Å². The van der Waals surface area contributed by atoms with Crippen LogP contribution in [0.2, 0.25) is 0 Å². The number of hydrogen-bond donors (Lipinski definition) is 0. The highest BCUT2D eigenvalue weighted by Gasteiger charge is 2.20. The number of nitrogens with zero attached hydrogens (tertiary/aromatic N) is 3. The molecule has 1 heterocycles. The molecule has 0 aliphatic carbocycles. The van der Waals surface area contributed by atoms with E-state index in [-0.39, 0.29) is 19.6 Å². The van der Waals surface area contributed by atoms with Crippen molar-refractivity contribution >= 4 is 10.0 Å². The second kappa shape index (κ2) is 5.04. The van der Waals surface area contributed by atoms with Crippen LogP contribution < -0.4 is 11.2 Å². The summed E-state index contributed by atoms with van der Waals surface area (Å²) >= 11 is 0. The molecule has 0 spiro atoms. The van der Waals surface area contributed by atoms with Gasteiger partial charge in [0.25, 0.3) is 10.0 Å². The van der Waals surface area contributed by atoms with Gasteiger partial charge in [0.05, 0.1) is 11.1 Å². The van der Waals surface area contributed by atoms with E-state index in [1.54, 1.807) is 0 Å². The first kappa shape index (κ1) is 8.15. The lowest BCUT2D eigenvalue weighted by Crippen LogP contribution is -2.42. The summed E-state index contributed by atoms with van der Waals surface area (Å²) in [7, 11) is -4.62. The second-order valence-electron chi connectivity index (χ2n) is 3.64. The monoisotopic (exact) mass is 303 g/mol. The Morgan fingerprint density at radius 2 is 2.00 bits per heavy atom. The van der Waals surface area contributed by atoms with E-state index in [2.05, 4.69) is 4.99 Å². The molecule has 0 radical (unpaired) electrons. The van der Waals surface area contributed by atoms with E-state index in [4.69, 9.17) is 8.22 Å². The molecule has 0 aliphatic heterocycles. The van der Waals surface area contributed by atoms with Crippen LogP contribution >= 0.6 is 0 Å². The number of halogens is 1. The first-order chi connectivity index (χ1) is 11.7. The van der Waals surface area contributed by atoms with Crippen LogP contribution in [0.15, 0.2) is 51.2 Å². The van der Waals surface area contributed by atoms with E-state index < -0.39 is 41.0 Å². The molecule has 106 valence electrons. The predicted octanol–water partition coefficient (Wildman–Crippen LogP) is 0.0934. The summed E-state index contributed by atoms with van der Waals surface area (Å²) in [5.74, 6) is -1.60. The Labute approximate surface area is 122 Å². The smallest absolute Gasteiger partial charge is 0.278 e. The molecule has 0 atom stereocenters. The predicted molar refractivity (Wildman–Crippen MR) is 70.1 cm³/mol. The third kappa shape index (κ3) is 2.18. The van der Waals surface area contributed by atoms with Gasteiger partial charge < -0.3 is 0 Å². The fourth-order valence-electron chi connectivity index (χ4n) is 1.49. The summed E-state index contributed by atoms with van der Waals surface area (Å²) in [6.07, 6.45) is 0.192. The maximum Gasteiger partial charge on any atom is 0.343 e. The average molecular weight is 303 g/mol. The average Bonchev–Trinajstić information content (AvgIpc) is 2.48. The lowest BCUT2D eigenvalue weighted by Gasteiger charge is -2.09. The van der Waals surface area contributed by atoms with Gasteiger partial charge in [0, 0.05) is 22.2 Å². The van der Waals surface area contributed by atoms with Gasteiger partial charge in [0.15, 0.2) is 11.3 Å². The Balaban J connectivity index is 2.97. The van der Waals surface area contributed by atoms with Gasteiger partial charge in [-0.05, 0) is 12.1 Å². The minimum Gasteiger partial charge on any atom is -0.278 e. The highest BCUT2D eigenvalue weighted by atomic mass is 32.2. The Bertz CT molecular complexity index is 1050. The van der Waals surface area contributed by atoms with E-state index in [1.807, 2.05) is 0 Å². The quantitative estimate of drug-likeness (QED) is 0.789. The molecule has 1 aromatic carbocycles. The van der Waals surface area contributed by atoms with Gasteiger partial charge in [-0.2, -0.15) is 3.97 Å². The number of hydrogen-bond acceptors (Lipinski definition) is 4. The molecule has 0 fully saturated rings. The Kier molecular flexibility index (Phi) is 2.06. The zero-order valence-electron chi connectivity index (χ0n) is 15.8. The number of benzene rings is 1. The lowest BCUT2D eigenvalue weighted by atomic mass is 10.4. The molecular formula is C12H12FN3O3S. The second-order valence-corrected chi connectivity index (χ2v) is 5.46. The summed E-state index contributed by atoms with van der Waals surface area (Å²) in [6.45, 7) is -6.53. The highest BCUT2D eigenvalue weighted by Crippen LogP contribution is 2.10. The molecule has 0 saturated carbocycles. The SMILES string of the molecule is [2H]C([2H])([2H])/N=c1/c(F)cn(S(=O)(=O)c2ccccc2)c(=O)n1C([2H])([2H])[2H]. The third-order valence-corrected chi connectivity index (χ3v) is 4.09. The van der Waals surface area contributed by atoms with E-state index in [0.29, 0.717) is 0 Å². The zero-order valence-corrected chi connectivity index (χ0v) is 10.6. The summed E-state index contributed by atoms with van der Waals surface area (Å²) in [5.41, 5.74) is -2.98. The van der Waals surface area contributed by atoms with Crippen LogP contribution in [0.1, 0.15) is 8.22 Å². The molecule has 0 saturated heterocycles. The fourth-order valence-corrected chi connectivity index (χ4v) is 2.74. The first-order valence-corrected chi connectivity index (χ1v) is 6.60. The maximum atomic E-state index is 14.4. The van der Waals surface area contributed by atoms with Crippen LogP contribution in [0.4, 0.5) is 4.39 Å². The largest absolute Gasteiger partial charge is 0.343 e. The van der Waals surface area contributed by atoms with Gasteiger partial charge in [0.1, 0.15) is 0 Å². The highest BCUT2D eigenvalue weighted by molar-refractivity contribution is 7.90. The summed E-state index contributed by atoms with van der Waals surface area (Å²) < 4.78 is 82.1. The van der Waals surface area contributed by atoms with Gasteiger partial charge >= 0.3 is 5.69 Å². The van der Waals surface area contributed by atoms with Gasteiger partial charge in [0.2, 0.25) is 0 Å². The van der Waals surface area contributed by atoms with Crippen molar-refractivity contribution in [1.29, 1.82) is 0 Å². The third-order valence-electron chi connectivity index (χ3n) is 2.44. The minimum absolute atomic E-state index is 0.109.